The maximum absolute atomic E-state index is 13.8. The lowest BCUT2D eigenvalue weighted by molar-refractivity contribution is 0.0829. The molecule has 4 N–H and O–H groups in total. The van der Waals surface area contributed by atoms with Gasteiger partial charge >= 0.3 is 0 Å². The second kappa shape index (κ2) is 12.9. The van der Waals surface area contributed by atoms with Gasteiger partial charge < -0.3 is 15.7 Å². The summed E-state index contributed by atoms with van der Waals surface area (Å²) in [6.45, 7) is 2.66. The van der Waals surface area contributed by atoms with Crippen LogP contribution < -0.4 is 15.4 Å². The zero-order valence-electron chi connectivity index (χ0n) is 20.7. The lowest BCUT2D eigenvalue weighted by atomic mass is 10.00. The molecule has 1 amide bonds. The number of nitrogens with one attached hydrogen (secondary N) is 3. The molecule has 0 spiro atoms. The number of hydrogen-bond acceptors (Lipinski definition) is 5. The molecule has 3 aromatic carbocycles. The predicted octanol–water partition coefficient (Wildman–Crippen LogP) is 2.93. The number of halogens is 2. The van der Waals surface area contributed by atoms with Crippen LogP contribution in [0, 0.1) is 11.6 Å². The standard InChI is InChI=1S/C27H31F2N3O4S/c1-3-18-5-4-6-19(11-18)16-31-17-26(33)25(14-20-12-22(28)15-23(29)13-20)32-27(34)21-7-9-24(10-8-21)37(35,36)30-2/h4-13,15,25-26,30-31,33H,3,14,16-17H2,1-2H3,(H,32,34). The van der Waals surface area contributed by atoms with Crippen molar-refractivity contribution in [1.82, 2.24) is 15.4 Å². The summed E-state index contributed by atoms with van der Waals surface area (Å²) in [5, 5.41) is 16.8. The first-order valence-electron chi connectivity index (χ1n) is 11.9. The Labute approximate surface area is 216 Å². The Hall–Kier alpha value is -3.18. The third-order valence-electron chi connectivity index (χ3n) is 5.94. The third-order valence-corrected chi connectivity index (χ3v) is 7.37. The van der Waals surface area contributed by atoms with Crippen molar-refractivity contribution in [3.8, 4) is 0 Å². The molecule has 0 aliphatic rings. The van der Waals surface area contributed by atoms with Crippen LogP contribution >= 0.6 is 0 Å². The number of sulfonamides is 1. The number of aliphatic hydroxyl groups excluding tert-OH is 1. The highest BCUT2D eigenvalue weighted by molar-refractivity contribution is 7.89. The minimum atomic E-state index is -3.66. The average molecular weight is 532 g/mol. The molecule has 0 saturated heterocycles. The molecule has 0 fully saturated rings. The fourth-order valence-electron chi connectivity index (χ4n) is 3.89. The minimum absolute atomic E-state index is 0.00490. The Balaban J connectivity index is 1.73. The van der Waals surface area contributed by atoms with E-state index in [9.17, 15) is 27.1 Å². The molecule has 0 radical (unpaired) electrons. The van der Waals surface area contributed by atoms with Gasteiger partial charge in [-0.15, -0.1) is 0 Å². The smallest absolute Gasteiger partial charge is 0.251 e. The monoisotopic (exact) mass is 531 g/mol. The summed E-state index contributed by atoms with van der Waals surface area (Å²) in [6, 6.07) is 15.5. The van der Waals surface area contributed by atoms with E-state index in [1.807, 2.05) is 18.2 Å². The fourth-order valence-corrected chi connectivity index (χ4v) is 4.62. The van der Waals surface area contributed by atoms with Crippen molar-refractivity contribution in [3.05, 3.63) is 101 Å². The van der Waals surface area contributed by atoms with Crippen molar-refractivity contribution >= 4 is 15.9 Å². The number of hydrogen-bond donors (Lipinski definition) is 4. The lowest BCUT2D eigenvalue weighted by Crippen LogP contribution is -2.48. The molecule has 0 aliphatic carbocycles. The van der Waals surface area contributed by atoms with Gasteiger partial charge in [0.15, 0.2) is 0 Å². The van der Waals surface area contributed by atoms with E-state index in [0.717, 1.165) is 30.2 Å². The van der Waals surface area contributed by atoms with Crippen LogP contribution in [0.3, 0.4) is 0 Å². The van der Waals surface area contributed by atoms with E-state index in [4.69, 9.17) is 0 Å². The number of aryl methyl sites for hydroxylation is 1. The molecule has 3 aromatic rings. The Morgan fingerprint density at radius 2 is 1.59 bits per heavy atom. The molecule has 0 aromatic heterocycles. The van der Waals surface area contributed by atoms with Crippen molar-refractivity contribution in [3.63, 3.8) is 0 Å². The Morgan fingerprint density at radius 3 is 2.22 bits per heavy atom. The Morgan fingerprint density at radius 1 is 0.946 bits per heavy atom. The van der Waals surface area contributed by atoms with E-state index in [0.29, 0.717) is 6.54 Å². The van der Waals surface area contributed by atoms with Gasteiger partial charge in [0.1, 0.15) is 11.6 Å². The molecule has 198 valence electrons. The summed E-state index contributed by atoms with van der Waals surface area (Å²) in [4.78, 5) is 12.9. The number of benzene rings is 3. The molecule has 0 bridgehead atoms. The molecule has 7 nitrogen and oxygen atoms in total. The van der Waals surface area contributed by atoms with E-state index in [1.54, 1.807) is 0 Å². The summed E-state index contributed by atoms with van der Waals surface area (Å²) in [5.74, 6) is -2.08. The highest BCUT2D eigenvalue weighted by atomic mass is 32.2. The molecular weight excluding hydrogens is 500 g/mol. The van der Waals surface area contributed by atoms with Crippen molar-refractivity contribution in [1.29, 1.82) is 0 Å². The largest absolute Gasteiger partial charge is 0.390 e. The second-order valence-electron chi connectivity index (χ2n) is 8.67. The van der Waals surface area contributed by atoms with E-state index in [-0.39, 0.29) is 29.0 Å². The summed E-state index contributed by atoms with van der Waals surface area (Å²) >= 11 is 0. The van der Waals surface area contributed by atoms with Crippen LogP contribution in [0.5, 0.6) is 0 Å². The van der Waals surface area contributed by atoms with E-state index >= 15 is 0 Å². The first-order chi connectivity index (χ1) is 17.6. The Kier molecular flexibility index (Phi) is 9.87. The molecule has 37 heavy (non-hydrogen) atoms. The molecule has 3 rings (SSSR count). The highest BCUT2D eigenvalue weighted by Crippen LogP contribution is 2.14. The SMILES string of the molecule is CCc1cccc(CNCC(O)C(Cc2cc(F)cc(F)c2)NC(=O)c2ccc(S(=O)(=O)NC)cc2)c1. The molecule has 2 atom stereocenters. The van der Waals surface area contributed by atoms with E-state index < -0.39 is 39.7 Å². The highest BCUT2D eigenvalue weighted by Gasteiger charge is 2.23. The number of amides is 1. The molecule has 0 aliphatic heterocycles. The maximum Gasteiger partial charge on any atom is 0.251 e. The zero-order chi connectivity index (χ0) is 27.0. The van der Waals surface area contributed by atoms with Gasteiger partial charge in [0.2, 0.25) is 10.0 Å². The van der Waals surface area contributed by atoms with E-state index in [2.05, 4.69) is 28.3 Å². The van der Waals surface area contributed by atoms with Gasteiger partial charge in [-0.1, -0.05) is 31.2 Å². The van der Waals surface area contributed by atoms with E-state index in [1.165, 1.54) is 36.9 Å². The topological polar surface area (TPSA) is 108 Å². The van der Waals surface area contributed by atoms with Gasteiger partial charge in [-0.2, -0.15) is 0 Å². The first kappa shape index (κ1) is 28.4. The van der Waals surface area contributed by atoms with Crippen molar-refractivity contribution in [2.24, 2.45) is 0 Å². The second-order valence-corrected chi connectivity index (χ2v) is 10.6. The van der Waals surface area contributed by atoms with Gasteiger partial charge in [-0.3, -0.25) is 4.79 Å². The summed E-state index contributed by atoms with van der Waals surface area (Å²) < 4.78 is 53.6. The number of rotatable bonds is 12. The molecule has 2 unspecified atom stereocenters. The zero-order valence-corrected chi connectivity index (χ0v) is 21.5. The lowest BCUT2D eigenvalue weighted by Gasteiger charge is -2.25. The summed E-state index contributed by atoms with van der Waals surface area (Å²) in [6.07, 6.45) is -0.217. The maximum atomic E-state index is 13.8. The fraction of sp³-hybridized carbons (Fsp3) is 0.296. The molecule has 0 saturated carbocycles. The Bertz CT molecular complexity index is 1300. The van der Waals surface area contributed by atoms with Crippen LogP contribution in [-0.4, -0.2) is 45.2 Å². The van der Waals surface area contributed by atoms with Crippen LogP contribution in [0.2, 0.25) is 0 Å². The predicted molar refractivity (Wildman–Crippen MR) is 138 cm³/mol. The quantitative estimate of drug-likeness (QED) is 0.288. The normalized spacial score (nSPS) is 13.2. The van der Waals surface area contributed by atoms with Crippen LogP contribution in [-0.2, 0) is 29.4 Å². The number of carbonyl (C=O) groups is 1. The van der Waals surface area contributed by atoms with Crippen molar-refractivity contribution in [2.45, 2.75) is 43.4 Å². The van der Waals surface area contributed by atoms with Crippen molar-refractivity contribution < 1.29 is 27.1 Å². The van der Waals surface area contributed by atoms with Crippen LogP contribution in [0.25, 0.3) is 0 Å². The first-order valence-corrected chi connectivity index (χ1v) is 13.4. The number of aliphatic hydroxyl groups is 1. The average Bonchev–Trinajstić information content (AvgIpc) is 2.87. The minimum Gasteiger partial charge on any atom is -0.390 e. The van der Waals surface area contributed by atoms with Gasteiger partial charge in [0, 0.05) is 24.7 Å². The number of carbonyl (C=O) groups excluding carboxylic acids is 1. The van der Waals surface area contributed by atoms with Gasteiger partial charge in [-0.05, 0) is 73.0 Å². The van der Waals surface area contributed by atoms with Crippen LogP contribution in [0.4, 0.5) is 8.78 Å². The molecule has 10 heteroatoms. The molecular formula is C27H31F2N3O4S. The third kappa shape index (κ3) is 8.16. The molecule has 0 heterocycles. The van der Waals surface area contributed by atoms with Gasteiger partial charge in [0.25, 0.3) is 5.91 Å². The van der Waals surface area contributed by atoms with Crippen molar-refractivity contribution in [2.75, 3.05) is 13.6 Å². The van der Waals surface area contributed by atoms with Crippen LogP contribution in [0.15, 0.2) is 71.6 Å². The van der Waals surface area contributed by atoms with Gasteiger partial charge in [0.05, 0.1) is 17.0 Å². The summed E-state index contributed by atoms with van der Waals surface area (Å²) in [7, 11) is -2.38. The van der Waals surface area contributed by atoms with Gasteiger partial charge in [-0.25, -0.2) is 21.9 Å². The van der Waals surface area contributed by atoms with Crippen LogP contribution in [0.1, 0.15) is 34.0 Å². The summed E-state index contributed by atoms with van der Waals surface area (Å²) in [5.41, 5.74) is 2.66.